The topological polar surface area (TPSA) is 59.1 Å². The van der Waals surface area contributed by atoms with Crippen LogP contribution in [0.1, 0.15) is 5.01 Å². The number of nitrogens with zero attached hydrogens (tertiary/aromatic N) is 1. The SMILES string of the molecule is Cc1ncc(S(=O)(=O)Nc2cc(F)c(Br)cc2F)s1. The van der Waals surface area contributed by atoms with Gasteiger partial charge in [0, 0.05) is 6.07 Å². The van der Waals surface area contributed by atoms with E-state index in [4.69, 9.17) is 0 Å². The van der Waals surface area contributed by atoms with Crippen LogP contribution < -0.4 is 4.72 Å². The minimum absolute atomic E-state index is 0.0623. The molecule has 19 heavy (non-hydrogen) atoms. The van der Waals surface area contributed by atoms with E-state index in [-0.39, 0.29) is 8.68 Å². The average molecular weight is 369 g/mol. The van der Waals surface area contributed by atoms with Crippen LogP contribution in [0.25, 0.3) is 0 Å². The van der Waals surface area contributed by atoms with Crippen molar-refractivity contribution >= 4 is 43.0 Å². The first kappa shape index (κ1) is 14.4. The highest BCUT2D eigenvalue weighted by Gasteiger charge is 2.20. The van der Waals surface area contributed by atoms with Gasteiger partial charge in [0.05, 0.1) is 21.4 Å². The molecule has 0 unspecified atom stereocenters. The Balaban J connectivity index is 2.38. The van der Waals surface area contributed by atoms with Crippen LogP contribution in [-0.2, 0) is 10.0 Å². The molecule has 9 heteroatoms. The summed E-state index contributed by atoms with van der Waals surface area (Å²) in [5.41, 5.74) is -0.452. The molecule has 0 aliphatic carbocycles. The van der Waals surface area contributed by atoms with E-state index in [0.29, 0.717) is 5.01 Å². The highest BCUT2D eigenvalue weighted by Crippen LogP contribution is 2.26. The first-order valence-corrected chi connectivity index (χ1v) is 7.98. The van der Waals surface area contributed by atoms with Crippen molar-refractivity contribution in [2.24, 2.45) is 0 Å². The molecule has 0 saturated carbocycles. The monoisotopic (exact) mass is 368 g/mol. The molecule has 1 aromatic carbocycles. The van der Waals surface area contributed by atoms with Crippen molar-refractivity contribution in [2.45, 2.75) is 11.1 Å². The minimum atomic E-state index is -3.96. The van der Waals surface area contributed by atoms with Gasteiger partial charge >= 0.3 is 0 Å². The number of hydrogen-bond acceptors (Lipinski definition) is 4. The van der Waals surface area contributed by atoms with E-state index in [1.54, 1.807) is 6.92 Å². The van der Waals surface area contributed by atoms with Gasteiger partial charge in [-0.3, -0.25) is 4.72 Å². The van der Waals surface area contributed by atoms with Gasteiger partial charge in [0.25, 0.3) is 10.0 Å². The van der Waals surface area contributed by atoms with E-state index in [1.807, 2.05) is 4.72 Å². The Labute approximate surface area is 120 Å². The lowest BCUT2D eigenvalue weighted by Gasteiger charge is -2.07. The molecule has 1 N–H and O–H groups in total. The van der Waals surface area contributed by atoms with Crippen LogP contribution in [0.15, 0.2) is 27.0 Å². The summed E-state index contributed by atoms with van der Waals surface area (Å²) in [6.07, 6.45) is 1.16. The Hall–Kier alpha value is -1.06. The molecular weight excluding hydrogens is 362 g/mol. The third-order valence-corrected chi connectivity index (χ3v) is 5.47. The van der Waals surface area contributed by atoms with Gasteiger partial charge in [-0.15, -0.1) is 11.3 Å². The Morgan fingerprint density at radius 1 is 1.32 bits per heavy atom. The van der Waals surface area contributed by atoms with E-state index in [9.17, 15) is 17.2 Å². The number of aromatic nitrogens is 1. The number of aryl methyl sites for hydroxylation is 1. The van der Waals surface area contributed by atoms with Gasteiger partial charge in [-0.2, -0.15) is 0 Å². The number of anilines is 1. The third kappa shape index (κ3) is 3.10. The molecule has 0 spiro atoms. The summed E-state index contributed by atoms with van der Waals surface area (Å²) in [7, 11) is -3.96. The molecule has 0 bridgehead atoms. The highest BCUT2D eigenvalue weighted by molar-refractivity contribution is 9.10. The smallest absolute Gasteiger partial charge is 0.273 e. The Morgan fingerprint density at radius 3 is 2.58 bits per heavy atom. The van der Waals surface area contributed by atoms with E-state index >= 15 is 0 Å². The third-order valence-electron chi connectivity index (χ3n) is 2.12. The quantitative estimate of drug-likeness (QED) is 0.845. The van der Waals surface area contributed by atoms with Crippen LogP contribution in [0, 0.1) is 18.6 Å². The summed E-state index contributed by atoms with van der Waals surface area (Å²) in [4.78, 5) is 3.80. The number of halogens is 3. The standard InChI is InChI=1S/C10H7BrF2N2O2S2/c1-5-14-4-10(18-5)19(16,17)15-9-3-7(12)6(11)2-8(9)13/h2-4,15H,1H3. The molecule has 0 saturated heterocycles. The minimum Gasteiger partial charge on any atom is -0.276 e. The molecular formula is C10H7BrF2N2O2S2. The molecule has 0 amide bonds. The van der Waals surface area contributed by atoms with Gasteiger partial charge in [-0.25, -0.2) is 22.2 Å². The lowest BCUT2D eigenvalue weighted by Crippen LogP contribution is -2.13. The second kappa shape index (κ2) is 5.14. The van der Waals surface area contributed by atoms with Crippen LogP contribution in [0.4, 0.5) is 14.5 Å². The van der Waals surface area contributed by atoms with Gasteiger partial charge in [0.15, 0.2) is 4.21 Å². The van der Waals surface area contributed by atoms with Crippen molar-refractivity contribution in [2.75, 3.05) is 4.72 Å². The molecule has 0 aliphatic heterocycles. The van der Waals surface area contributed by atoms with Crippen molar-refractivity contribution < 1.29 is 17.2 Å². The summed E-state index contributed by atoms with van der Waals surface area (Å²) < 4.78 is 52.5. The number of hydrogen-bond donors (Lipinski definition) is 1. The Bertz CT molecular complexity index is 731. The largest absolute Gasteiger partial charge is 0.276 e. The fourth-order valence-corrected chi connectivity index (χ4v) is 3.74. The van der Waals surface area contributed by atoms with Gasteiger partial charge < -0.3 is 0 Å². The van der Waals surface area contributed by atoms with Crippen LogP contribution in [0.5, 0.6) is 0 Å². The zero-order chi connectivity index (χ0) is 14.2. The first-order chi connectivity index (χ1) is 8.79. The van der Waals surface area contributed by atoms with Gasteiger partial charge in [0.2, 0.25) is 0 Å². The molecule has 102 valence electrons. The number of sulfonamides is 1. The van der Waals surface area contributed by atoms with Crippen LogP contribution in [0.2, 0.25) is 0 Å². The van der Waals surface area contributed by atoms with Crippen molar-refractivity contribution in [3.63, 3.8) is 0 Å². The Morgan fingerprint density at radius 2 is 2.00 bits per heavy atom. The lowest BCUT2D eigenvalue weighted by molar-refractivity contribution is 0.592. The maximum atomic E-state index is 13.5. The highest BCUT2D eigenvalue weighted by atomic mass is 79.9. The number of rotatable bonds is 3. The molecule has 0 atom stereocenters. The zero-order valence-corrected chi connectivity index (χ0v) is 12.7. The van der Waals surface area contributed by atoms with Crippen LogP contribution in [0.3, 0.4) is 0 Å². The predicted molar refractivity (Wildman–Crippen MR) is 71.7 cm³/mol. The first-order valence-electron chi connectivity index (χ1n) is 4.89. The van der Waals surface area contributed by atoms with Gasteiger partial charge in [-0.1, -0.05) is 0 Å². The lowest BCUT2D eigenvalue weighted by atomic mass is 10.3. The van der Waals surface area contributed by atoms with Gasteiger partial charge in [-0.05, 0) is 28.9 Å². The average Bonchev–Trinajstić information content (AvgIpc) is 2.73. The Kier molecular flexibility index (Phi) is 3.88. The van der Waals surface area contributed by atoms with E-state index in [0.717, 1.165) is 29.7 Å². The molecule has 0 radical (unpaired) electrons. The fraction of sp³-hybridized carbons (Fsp3) is 0.100. The van der Waals surface area contributed by atoms with Crippen molar-refractivity contribution in [1.82, 2.24) is 4.98 Å². The molecule has 2 aromatic rings. The maximum Gasteiger partial charge on any atom is 0.273 e. The molecule has 0 aliphatic rings. The number of nitrogens with one attached hydrogen (secondary N) is 1. The molecule has 1 aromatic heterocycles. The normalized spacial score (nSPS) is 11.6. The summed E-state index contributed by atoms with van der Waals surface area (Å²) in [6, 6.07) is 1.62. The fourth-order valence-electron chi connectivity index (χ4n) is 1.26. The maximum absolute atomic E-state index is 13.5. The number of thiazole rings is 1. The van der Waals surface area contributed by atoms with E-state index in [1.165, 1.54) is 0 Å². The van der Waals surface area contributed by atoms with Crippen molar-refractivity contribution in [3.05, 3.63) is 39.4 Å². The molecule has 1 heterocycles. The predicted octanol–water partition coefficient (Wildman–Crippen LogP) is 3.29. The number of benzene rings is 1. The van der Waals surface area contributed by atoms with Crippen molar-refractivity contribution in [3.8, 4) is 0 Å². The summed E-state index contributed by atoms with van der Waals surface area (Å²) in [5, 5.41) is 0.558. The molecule has 4 nitrogen and oxygen atoms in total. The summed E-state index contributed by atoms with van der Waals surface area (Å²) in [6.45, 7) is 1.64. The van der Waals surface area contributed by atoms with E-state index < -0.39 is 27.3 Å². The second-order valence-electron chi connectivity index (χ2n) is 3.55. The summed E-state index contributed by atoms with van der Waals surface area (Å²) in [5.74, 6) is -1.64. The van der Waals surface area contributed by atoms with E-state index in [2.05, 4.69) is 20.9 Å². The van der Waals surface area contributed by atoms with Gasteiger partial charge in [0.1, 0.15) is 11.6 Å². The van der Waals surface area contributed by atoms with Crippen LogP contribution >= 0.6 is 27.3 Å². The second-order valence-corrected chi connectivity index (χ2v) is 7.55. The molecule has 0 fully saturated rings. The zero-order valence-electron chi connectivity index (χ0n) is 9.45. The summed E-state index contributed by atoms with van der Waals surface area (Å²) >= 11 is 3.75. The van der Waals surface area contributed by atoms with Crippen molar-refractivity contribution in [1.29, 1.82) is 0 Å². The molecule has 2 rings (SSSR count). The van der Waals surface area contributed by atoms with Crippen LogP contribution in [-0.4, -0.2) is 13.4 Å².